The largest absolute Gasteiger partial charge is 0.264 e. The van der Waals surface area contributed by atoms with E-state index in [-0.39, 0.29) is 0 Å². The summed E-state index contributed by atoms with van der Waals surface area (Å²) in [5, 5.41) is 0. The van der Waals surface area contributed by atoms with Gasteiger partial charge >= 0.3 is 0 Å². The fraction of sp³-hybridized carbons (Fsp3) is 0.615. The van der Waals surface area contributed by atoms with E-state index in [1.165, 1.54) is 30.4 Å². The van der Waals surface area contributed by atoms with Crippen molar-refractivity contribution >= 4 is 0 Å². The third-order valence-electron chi connectivity index (χ3n) is 3.46. The maximum Gasteiger partial charge on any atom is 0.0302 e. The molecule has 76 valence electrons. The number of rotatable bonds is 0. The maximum atomic E-state index is 4.21. The van der Waals surface area contributed by atoms with E-state index in [1.807, 2.05) is 12.4 Å². The van der Waals surface area contributed by atoms with Crippen molar-refractivity contribution in [2.75, 3.05) is 0 Å². The molecule has 1 atom stereocenters. The highest BCUT2D eigenvalue weighted by Crippen LogP contribution is 2.36. The van der Waals surface area contributed by atoms with Crippen molar-refractivity contribution in [3.63, 3.8) is 0 Å². The van der Waals surface area contributed by atoms with Gasteiger partial charge in [-0.3, -0.25) is 4.98 Å². The Balaban J connectivity index is 2.22. The first-order valence-corrected chi connectivity index (χ1v) is 5.49. The third kappa shape index (κ3) is 1.82. The lowest BCUT2D eigenvalue weighted by atomic mass is 9.71. The van der Waals surface area contributed by atoms with Crippen LogP contribution in [0.3, 0.4) is 0 Å². The SMILES string of the molecule is CC(C)(C)C1CCc2ccncc2C1. The van der Waals surface area contributed by atoms with Crippen LogP contribution in [-0.4, -0.2) is 4.98 Å². The van der Waals surface area contributed by atoms with Crippen LogP contribution in [0.2, 0.25) is 0 Å². The lowest BCUT2D eigenvalue weighted by Crippen LogP contribution is -2.26. The van der Waals surface area contributed by atoms with Gasteiger partial charge in [-0.15, -0.1) is 0 Å². The number of hydrogen-bond donors (Lipinski definition) is 0. The van der Waals surface area contributed by atoms with Crippen LogP contribution in [0.25, 0.3) is 0 Å². The van der Waals surface area contributed by atoms with Gasteiger partial charge in [0, 0.05) is 12.4 Å². The fourth-order valence-corrected chi connectivity index (χ4v) is 2.32. The number of hydrogen-bond acceptors (Lipinski definition) is 1. The molecule has 0 bridgehead atoms. The average molecular weight is 189 g/mol. The van der Waals surface area contributed by atoms with Gasteiger partial charge in [0.05, 0.1) is 0 Å². The van der Waals surface area contributed by atoms with Crippen LogP contribution in [0.1, 0.15) is 38.3 Å². The van der Waals surface area contributed by atoms with Crippen molar-refractivity contribution in [1.29, 1.82) is 0 Å². The first-order valence-electron chi connectivity index (χ1n) is 5.49. The Hall–Kier alpha value is -0.850. The lowest BCUT2D eigenvalue weighted by molar-refractivity contribution is 0.216. The topological polar surface area (TPSA) is 12.9 Å². The number of pyridine rings is 1. The van der Waals surface area contributed by atoms with E-state index in [4.69, 9.17) is 0 Å². The molecule has 0 fully saturated rings. The second kappa shape index (κ2) is 3.38. The van der Waals surface area contributed by atoms with Crippen LogP contribution in [0.5, 0.6) is 0 Å². The Morgan fingerprint density at radius 3 is 2.79 bits per heavy atom. The van der Waals surface area contributed by atoms with Gasteiger partial charge in [0.1, 0.15) is 0 Å². The number of aryl methyl sites for hydroxylation is 1. The second-order valence-electron chi connectivity index (χ2n) is 5.45. The first kappa shape index (κ1) is 9.70. The Labute approximate surface area is 86.6 Å². The number of aromatic nitrogens is 1. The number of nitrogens with zero attached hydrogens (tertiary/aromatic N) is 1. The summed E-state index contributed by atoms with van der Waals surface area (Å²) in [7, 11) is 0. The van der Waals surface area contributed by atoms with Gasteiger partial charge < -0.3 is 0 Å². The molecule has 0 aromatic carbocycles. The van der Waals surface area contributed by atoms with E-state index in [9.17, 15) is 0 Å². The predicted octanol–water partition coefficient (Wildman–Crippen LogP) is 3.23. The average Bonchev–Trinajstić information content (AvgIpc) is 2.16. The molecule has 1 unspecified atom stereocenters. The molecule has 0 amide bonds. The predicted molar refractivity (Wildman–Crippen MR) is 59.2 cm³/mol. The summed E-state index contributed by atoms with van der Waals surface area (Å²) in [6, 6.07) is 2.17. The molecule has 1 heterocycles. The molecular formula is C13H19N. The van der Waals surface area contributed by atoms with Gasteiger partial charge in [-0.05, 0) is 47.8 Å². The highest BCUT2D eigenvalue weighted by molar-refractivity contribution is 5.26. The molecule has 1 aromatic heterocycles. The summed E-state index contributed by atoms with van der Waals surface area (Å²) < 4.78 is 0. The molecule has 0 N–H and O–H groups in total. The minimum absolute atomic E-state index is 0.438. The Bertz CT molecular complexity index is 322. The summed E-state index contributed by atoms with van der Waals surface area (Å²) in [6.07, 6.45) is 7.75. The molecule has 1 aromatic rings. The lowest BCUT2D eigenvalue weighted by Gasteiger charge is -2.34. The Morgan fingerprint density at radius 2 is 2.07 bits per heavy atom. The summed E-state index contributed by atoms with van der Waals surface area (Å²) in [4.78, 5) is 4.21. The smallest absolute Gasteiger partial charge is 0.0302 e. The van der Waals surface area contributed by atoms with Crippen LogP contribution in [0.15, 0.2) is 18.5 Å². The summed E-state index contributed by atoms with van der Waals surface area (Å²) in [5.41, 5.74) is 3.42. The van der Waals surface area contributed by atoms with E-state index >= 15 is 0 Å². The molecule has 1 nitrogen and oxygen atoms in total. The zero-order chi connectivity index (χ0) is 10.2. The van der Waals surface area contributed by atoms with E-state index in [1.54, 1.807) is 0 Å². The molecule has 0 radical (unpaired) electrons. The quantitative estimate of drug-likeness (QED) is 0.610. The van der Waals surface area contributed by atoms with Crippen molar-refractivity contribution in [1.82, 2.24) is 4.98 Å². The van der Waals surface area contributed by atoms with E-state index in [0.29, 0.717) is 5.41 Å². The Morgan fingerprint density at radius 1 is 1.29 bits per heavy atom. The van der Waals surface area contributed by atoms with Gasteiger partial charge in [-0.1, -0.05) is 20.8 Å². The van der Waals surface area contributed by atoms with Gasteiger partial charge in [0.15, 0.2) is 0 Å². The monoisotopic (exact) mass is 189 g/mol. The molecule has 0 saturated carbocycles. The number of fused-ring (bicyclic) bond motifs is 1. The van der Waals surface area contributed by atoms with Crippen LogP contribution in [0.4, 0.5) is 0 Å². The summed E-state index contributed by atoms with van der Waals surface area (Å²) in [5.74, 6) is 0.819. The summed E-state index contributed by atoms with van der Waals surface area (Å²) >= 11 is 0. The fourth-order valence-electron chi connectivity index (χ4n) is 2.32. The van der Waals surface area contributed by atoms with Crippen molar-refractivity contribution in [2.24, 2.45) is 11.3 Å². The zero-order valence-corrected chi connectivity index (χ0v) is 9.38. The maximum absolute atomic E-state index is 4.21. The van der Waals surface area contributed by atoms with E-state index in [2.05, 4.69) is 31.8 Å². The highest BCUT2D eigenvalue weighted by atomic mass is 14.6. The third-order valence-corrected chi connectivity index (χ3v) is 3.46. The van der Waals surface area contributed by atoms with Crippen LogP contribution in [-0.2, 0) is 12.8 Å². The van der Waals surface area contributed by atoms with Crippen LogP contribution in [0, 0.1) is 11.3 Å². The van der Waals surface area contributed by atoms with E-state index < -0.39 is 0 Å². The summed E-state index contributed by atoms with van der Waals surface area (Å²) in [6.45, 7) is 7.04. The van der Waals surface area contributed by atoms with Crippen LogP contribution < -0.4 is 0 Å². The Kier molecular flexibility index (Phi) is 2.34. The molecule has 14 heavy (non-hydrogen) atoms. The molecule has 0 spiro atoms. The van der Waals surface area contributed by atoms with Gasteiger partial charge in [0.25, 0.3) is 0 Å². The van der Waals surface area contributed by atoms with Gasteiger partial charge in [-0.2, -0.15) is 0 Å². The molecule has 1 heteroatoms. The zero-order valence-electron chi connectivity index (χ0n) is 9.38. The molecular weight excluding hydrogens is 170 g/mol. The molecule has 1 aliphatic rings. The van der Waals surface area contributed by atoms with Crippen molar-refractivity contribution in [2.45, 2.75) is 40.0 Å². The molecule has 0 saturated heterocycles. The van der Waals surface area contributed by atoms with Crippen LogP contribution >= 0.6 is 0 Å². The van der Waals surface area contributed by atoms with Crippen molar-refractivity contribution < 1.29 is 0 Å². The molecule has 1 aliphatic carbocycles. The normalized spacial score (nSPS) is 21.8. The van der Waals surface area contributed by atoms with E-state index in [0.717, 1.165) is 5.92 Å². The standard InChI is InChI=1S/C13H19N/c1-13(2,3)12-5-4-10-6-7-14-9-11(10)8-12/h6-7,9,12H,4-5,8H2,1-3H3. The van der Waals surface area contributed by atoms with Crippen molar-refractivity contribution in [3.05, 3.63) is 29.6 Å². The second-order valence-corrected chi connectivity index (χ2v) is 5.45. The van der Waals surface area contributed by atoms with Crippen molar-refractivity contribution in [3.8, 4) is 0 Å². The van der Waals surface area contributed by atoms with Gasteiger partial charge in [-0.25, -0.2) is 0 Å². The minimum Gasteiger partial charge on any atom is -0.264 e. The minimum atomic E-state index is 0.438. The van der Waals surface area contributed by atoms with Gasteiger partial charge in [0.2, 0.25) is 0 Å². The molecule has 0 aliphatic heterocycles. The first-order chi connectivity index (χ1) is 6.57. The highest BCUT2D eigenvalue weighted by Gasteiger charge is 2.28. The molecule has 2 rings (SSSR count).